The number of ether oxygens (including phenoxy) is 2. The van der Waals surface area contributed by atoms with Crippen molar-refractivity contribution in [1.82, 2.24) is 0 Å². The van der Waals surface area contributed by atoms with Crippen molar-refractivity contribution in [3.05, 3.63) is 0 Å². The second kappa shape index (κ2) is 3.54. The zero-order chi connectivity index (χ0) is 11.0. The third-order valence-corrected chi connectivity index (χ3v) is 2.25. The van der Waals surface area contributed by atoms with E-state index in [9.17, 15) is 4.79 Å². The summed E-state index contributed by atoms with van der Waals surface area (Å²) in [7, 11) is 0. The minimum Gasteiger partial charge on any atom is -0.458 e. The van der Waals surface area contributed by atoms with Crippen LogP contribution in [0.25, 0.3) is 0 Å². The molecule has 1 fully saturated rings. The molecule has 0 saturated carbocycles. The minimum atomic E-state index is -0.420. The number of carbonyl (C=O) groups excluding carboxylic acids is 1. The predicted octanol–water partition coefficient (Wildman–Crippen LogP) is 2.29. The number of carbonyl (C=O) groups is 1. The summed E-state index contributed by atoms with van der Waals surface area (Å²) in [6.45, 7) is 9.64. The highest BCUT2D eigenvalue weighted by Gasteiger charge is 2.57. The zero-order valence-electron chi connectivity index (χ0n) is 9.72. The summed E-state index contributed by atoms with van der Waals surface area (Å²) in [6, 6.07) is 0. The Labute approximate surface area is 85.8 Å². The van der Waals surface area contributed by atoms with Gasteiger partial charge in [0.15, 0.2) is 6.10 Å². The van der Waals surface area contributed by atoms with E-state index in [0.717, 1.165) is 12.8 Å². The molecule has 1 rings (SSSR count). The Balaban J connectivity index is 2.43. The van der Waals surface area contributed by atoms with E-state index in [0.29, 0.717) is 0 Å². The van der Waals surface area contributed by atoms with E-state index < -0.39 is 5.60 Å². The van der Waals surface area contributed by atoms with Gasteiger partial charge < -0.3 is 9.47 Å². The lowest BCUT2D eigenvalue weighted by atomic mass is 10.0. The predicted molar refractivity (Wildman–Crippen MR) is 54.0 cm³/mol. The molecule has 0 aromatic carbocycles. The molecule has 0 radical (unpaired) electrons. The molecule has 1 saturated heterocycles. The molecule has 14 heavy (non-hydrogen) atoms. The molecule has 2 unspecified atom stereocenters. The van der Waals surface area contributed by atoms with Gasteiger partial charge in [0, 0.05) is 0 Å². The Morgan fingerprint density at radius 3 is 2.50 bits per heavy atom. The van der Waals surface area contributed by atoms with Crippen LogP contribution in [0.3, 0.4) is 0 Å². The van der Waals surface area contributed by atoms with Crippen molar-refractivity contribution >= 4 is 5.97 Å². The van der Waals surface area contributed by atoms with Crippen molar-refractivity contribution in [3.8, 4) is 0 Å². The molecule has 0 spiro atoms. The van der Waals surface area contributed by atoms with Crippen LogP contribution in [0, 0.1) is 0 Å². The number of epoxide rings is 1. The van der Waals surface area contributed by atoms with Gasteiger partial charge in [-0.15, -0.1) is 0 Å². The number of rotatable bonds is 3. The molecule has 3 heteroatoms. The van der Waals surface area contributed by atoms with Crippen LogP contribution in [0.4, 0.5) is 0 Å². The zero-order valence-corrected chi connectivity index (χ0v) is 9.72. The van der Waals surface area contributed by atoms with E-state index in [-0.39, 0.29) is 17.7 Å². The summed E-state index contributed by atoms with van der Waals surface area (Å²) >= 11 is 0. The molecule has 0 N–H and O–H groups in total. The molecule has 0 aliphatic carbocycles. The summed E-state index contributed by atoms with van der Waals surface area (Å²) in [5.74, 6) is -0.228. The lowest BCUT2D eigenvalue weighted by Crippen LogP contribution is -2.29. The second-order valence-corrected chi connectivity index (χ2v) is 5.09. The molecule has 0 amide bonds. The number of hydrogen-bond acceptors (Lipinski definition) is 3. The van der Waals surface area contributed by atoms with E-state index in [1.54, 1.807) is 0 Å². The first kappa shape index (κ1) is 11.5. The molecule has 2 atom stereocenters. The van der Waals surface area contributed by atoms with Gasteiger partial charge in [-0.05, 0) is 34.1 Å². The Morgan fingerprint density at radius 2 is 2.07 bits per heavy atom. The van der Waals surface area contributed by atoms with Gasteiger partial charge in [-0.2, -0.15) is 0 Å². The van der Waals surface area contributed by atoms with E-state index in [4.69, 9.17) is 9.47 Å². The first-order valence-electron chi connectivity index (χ1n) is 5.19. The molecule has 3 nitrogen and oxygen atoms in total. The van der Waals surface area contributed by atoms with Crippen molar-refractivity contribution in [3.63, 3.8) is 0 Å². The van der Waals surface area contributed by atoms with E-state index in [1.807, 2.05) is 27.7 Å². The fraction of sp³-hybridized carbons (Fsp3) is 0.909. The molecule has 1 aliphatic heterocycles. The van der Waals surface area contributed by atoms with Crippen molar-refractivity contribution in [2.24, 2.45) is 0 Å². The van der Waals surface area contributed by atoms with Gasteiger partial charge in [0.1, 0.15) is 11.2 Å². The molecule has 0 bridgehead atoms. The summed E-state index contributed by atoms with van der Waals surface area (Å²) < 4.78 is 10.6. The molecular weight excluding hydrogens is 180 g/mol. The van der Waals surface area contributed by atoms with Crippen molar-refractivity contribution in [2.45, 2.75) is 64.8 Å². The number of hydrogen-bond donors (Lipinski definition) is 0. The topological polar surface area (TPSA) is 38.8 Å². The van der Waals surface area contributed by atoms with Crippen molar-refractivity contribution in [2.75, 3.05) is 0 Å². The van der Waals surface area contributed by atoms with Gasteiger partial charge in [-0.3, -0.25) is 0 Å². The van der Waals surface area contributed by atoms with Gasteiger partial charge in [-0.25, -0.2) is 4.79 Å². The van der Waals surface area contributed by atoms with Gasteiger partial charge in [0.2, 0.25) is 0 Å². The smallest absolute Gasteiger partial charge is 0.338 e. The van der Waals surface area contributed by atoms with E-state index in [2.05, 4.69) is 6.92 Å². The molecule has 1 heterocycles. The normalized spacial score (nSPS) is 31.4. The minimum absolute atomic E-state index is 0.228. The van der Waals surface area contributed by atoms with Crippen molar-refractivity contribution in [1.29, 1.82) is 0 Å². The average Bonchev–Trinajstić information content (AvgIpc) is 2.59. The molecule has 82 valence electrons. The van der Waals surface area contributed by atoms with Crippen LogP contribution in [0.1, 0.15) is 47.5 Å². The highest BCUT2D eigenvalue weighted by Crippen LogP contribution is 2.41. The molecule has 0 aromatic rings. The fourth-order valence-electron chi connectivity index (χ4n) is 1.57. The van der Waals surface area contributed by atoms with Crippen molar-refractivity contribution < 1.29 is 14.3 Å². The maximum absolute atomic E-state index is 11.6. The quantitative estimate of drug-likeness (QED) is 0.518. The first-order chi connectivity index (χ1) is 6.28. The molecule has 1 aliphatic rings. The van der Waals surface area contributed by atoms with Gasteiger partial charge in [0.25, 0.3) is 0 Å². The monoisotopic (exact) mass is 200 g/mol. The maximum Gasteiger partial charge on any atom is 0.338 e. The summed E-state index contributed by atoms with van der Waals surface area (Å²) in [4.78, 5) is 11.6. The summed E-state index contributed by atoms with van der Waals surface area (Å²) in [5, 5.41) is 0. The summed E-state index contributed by atoms with van der Waals surface area (Å²) in [5.41, 5.74) is -0.687. The average molecular weight is 200 g/mol. The Bertz CT molecular complexity index is 229. The molecular formula is C11H20O3. The summed E-state index contributed by atoms with van der Waals surface area (Å²) in [6.07, 6.45) is 1.59. The Morgan fingerprint density at radius 1 is 1.50 bits per heavy atom. The lowest BCUT2D eigenvalue weighted by molar-refractivity contribution is -0.156. The van der Waals surface area contributed by atoms with Crippen LogP contribution in [0.5, 0.6) is 0 Å². The van der Waals surface area contributed by atoms with Crippen LogP contribution in [0.15, 0.2) is 0 Å². The third kappa shape index (κ3) is 2.71. The first-order valence-corrected chi connectivity index (χ1v) is 5.19. The maximum atomic E-state index is 11.6. The van der Waals surface area contributed by atoms with E-state index in [1.165, 1.54) is 0 Å². The number of esters is 1. The fourth-order valence-corrected chi connectivity index (χ4v) is 1.57. The SMILES string of the molecule is CCCC1(C)OC1C(=O)OC(C)(C)C. The van der Waals surface area contributed by atoms with Gasteiger partial charge in [0.05, 0.1) is 0 Å². The van der Waals surface area contributed by atoms with Crippen LogP contribution in [0.2, 0.25) is 0 Å². The Kier molecular flexibility index (Phi) is 2.91. The van der Waals surface area contributed by atoms with Crippen LogP contribution in [-0.2, 0) is 14.3 Å². The second-order valence-electron chi connectivity index (χ2n) is 5.09. The highest BCUT2D eigenvalue weighted by atomic mass is 16.7. The third-order valence-electron chi connectivity index (χ3n) is 2.25. The van der Waals surface area contributed by atoms with Crippen LogP contribution < -0.4 is 0 Å². The largest absolute Gasteiger partial charge is 0.458 e. The van der Waals surface area contributed by atoms with Crippen LogP contribution >= 0.6 is 0 Å². The van der Waals surface area contributed by atoms with Gasteiger partial charge in [-0.1, -0.05) is 13.3 Å². The van der Waals surface area contributed by atoms with Crippen LogP contribution in [-0.4, -0.2) is 23.3 Å². The highest BCUT2D eigenvalue weighted by molar-refractivity contribution is 5.79. The lowest BCUT2D eigenvalue weighted by Gasteiger charge is -2.19. The molecule has 0 aromatic heterocycles. The van der Waals surface area contributed by atoms with E-state index >= 15 is 0 Å². The Hall–Kier alpha value is -0.570. The standard InChI is InChI=1S/C11H20O3/c1-6-7-11(5)8(13-11)9(12)14-10(2,3)4/h8H,6-7H2,1-5H3. The van der Waals surface area contributed by atoms with Gasteiger partial charge >= 0.3 is 5.97 Å².